The smallest absolute Gasteiger partial charge is 0.227 e. The van der Waals surface area contributed by atoms with E-state index in [-0.39, 0.29) is 17.6 Å². The van der Waals surface area contributed by atoms with Crippen LogP contribution in [0, 0.1) is 0 Å². The molecule has 1 unspecified atom stereocenters. The number of carbonyl (C=O) groups is 2. The summed E-state index contributed by atoms with van der Waals surface area (Å²) in [5, 5.41) is 2.57. The number of benzene rings is 1. The summed E-state index contributed by atoms with van der Waals surface area (Å²) in [4.78, 5) is 23.1. The minimum atomic E-state index is -0.343. The number of likely N-dealkylation sites (N-methyl/N-ethyl adjacent to an activating group) is 1. The fraction of sp³-hybridized carbons (Fsp3) is 0.231. The molecule has 1 rings (SSSR count). The lowest BCUT2D eigenvalue weighted by Crippen LogP contribution is -2.25. The second-order valence-corrected chi connectivity index (χ2v) is 3.49. The lowest BCUT2D eigenvalue weighted by Gasteiger charge is -2.13. The molecule has 0 spiro atoms. The lowest BCUT2D eigenvalue weighted by atomic mass is 9.93. The highest BCUT2D eigenvalue weighted by molar-refractivity contribution is 6.06. The Hall–Kier alpha value is -1.90. The van der Waals surface area contributed by atoms with Crippen LogP contribution in [-0.2, 0) is 4.79 Å². The fourth-order valence-corrected chi connectivity index (χ4v) is 1.57. The number of rotatable bonds is 4. The summed E-state index contributed by atoms with van der Waals surface area (Å²) in [7, 11) is 1.58. The minimum Gasteiger partial charge on any atom is -0.359 e. The molecule has 0 aliphatic heterocycles. The van der Waals surface area contributed by atoms with Gasteiger partial charge in [0.1, 0.15) is 0 Å². The number of ketones is 1. The molecule has 0 aromatic heterocycles. The molecule has 16 heavy (non-hydrogen) atoms. The molecule has 0 heterocycles. The zero-order valence-electron chi connectivity index (χ0n) is 9.49. The van der Waals surface area contributed by atoms with Crippen molar-refractivity contribution >= 4 is 11.7 Å². The predicted octanol–water partition coefficient (Wildman–Crippen LogP) is 1.90. The second-order valence-electron chi connectivity index (χ2n) is 3.49. The SMILES string of the molecule is C=CC(=O)c1ccccc1C(C)C(=O)NC. The van der Waals surface area contributed by atoms with E-state index in [0.717, 1.165) is 5.56 Å². The first-order chi connectivity index (χ1) is 7.61. The molecule has 0 saturated carbocycles. The van der Waals surface area contributed by atoms with Gasteiger partial charge in [0.25, 0.3) is 0 Å². The van der Waals surface area contributed by atoms with Crippen LogP contribution in [0.1, 0.15) is 28.8 Å². The Morgan fingerprint density at radius 3 is 2.56 bits per heavy atom. The minimum absolute atomic E-state index is 0.107. The van der Waals surface area contributed by atoms with Crippen LogP contribution in [-0.4, -0.2) is 18.7 Å². The molecule has 1 aromatic rings. The van der Waals surface area contributed by atoms with Crippen molar-refractivity contribution in [2.24, 2.45) is 0 Å². The number of allylic oxidation sites excluding steroid dienone is 1. The summed E-state index contributed by atoms with van der Waals surface area (Å²) >= 11 is 0. The van der Waals surface area contributed by atoms with Gasteiger partial charge in [-0.05, 0) is 18.6 Å². The van der Waals surface area contributed by atoms with Gasteiger partial charge in [0.15, 0.2) is 5.78 Å². The van der Waals surface area contributed by atoms with E-state index < -0.39 is 0 Å². The van der Waals surface area contributed by atoms with Gasteiger partial charge in [-0.25, -0.2) is 0 Å². The summed E-state index contributed by atoms with van der Waals surface area (Å²) < 4.78 is 0. The topological polar surface area (TPSA) is 46.2 Å². The summed E-state index contributed by atoms with van der Waals surface area (Å²) in [5.74, 6) is -0.610. The van der Waals surface area contributed by atoms with Crippen LogP contribution in [0.25, 0.3) is 0 Å². The van der Waals surface area contributed by atoms with Crippen LogP contribution in [0.3, 0.4) is 0 Å². The molecule has 0 radical (unpaired) electrons. The van der Waals surface area contributed by atoms with Crippen molar-refractivity contribution in [2.45, 2.75) is 12.8 Å². The summed E-state index contributed by atoms with van der Waals surface area (Å²) in [6.07, 6.45) is 1.26. The predicted molar refractivity (Wildman–Crippen MR) is 63.5 cm³/mol. The molecule has 1 atom stereocenters. The molecule has 0 bridgehead atoms. The first-order valence-electron chi connectivity index (χ1n) is 5.09. The van der Waals surface area contributed by atoms with Gasteiger partial charge < -0.3 is 5.32 Å². The number of hydrogen-bond acceptors (Lipinski definition) is 2. The Morgan fingerprint density at radius 2 is 2.00 bits per heavy atom. The molecule has 0 aliphatic carbocycles. The maximum Gasteiger partial charge on any atom is 0.227 e. The molecule has 0 fully saturated rings. The molecular weight excluding hydrogens is 202 g/mol. The first-order valence-corrected chi connectivity index (χ1v) is 5.09. The van der Waals surface area contributed by atoms with Crippen LogP contribution >= 0.6 is 0 Å². The Morgan fingerprint density at radius 1 is 1.38 bits per heavy atom. The third kappa shape index (κ3) is 2.37. The Labute approximate surface area is 95.2 Å². The number of carbonyl (C=O) groups excluding carboxylic acids is 2. The number of nitrogens with one attached hydrogen (secondary N) is 1. The van der Waals surface area contributed by atoms with Crippen molar-refractivity contribution < 1.29 is 9.59 Å². The standard InChI is InChI=1S/C13H15NO2/c1-4-12(15)11-8-6-5-7-10(11)9(2)13(16)14-3/h4-9H,1H2,2-3H3,(H,14,16). The molecule has 1 N–H and O–H groups in total. The van der Waals surface area contributed by atoms with E-state index in [1.54, 1.807) is 32.2 Å². The van der Waals surface area contributed by atoms with Gasteiger partial charge in [-0.2, -0.15) is 0 Å². The van der Waals surface area contributed by atoms with Crippen LogP contribution in [0.4, 0.5) is 0 Å². The number of amides is 1. The quantitative estimate of drug-likeness (QED) is 0.618. The maximum absolute atomic E-state index is 11.6. The van der Waals surface area contributed by atoms with E-state index in [0.29, 0.717) is 5.56 Å². The van der Waals surface area contributed by atoms with Crippen molar-refractivity contribution in [1.29, 1.82) is 0 Å². The lowest BCUT2D eigenvalue weighted by molar-refractivity contribution is -0.121. The molecule has 84 valence electrons. The monoisotopic (exact) mass is 217 g/mol. The average molecular weight is 217 g/mol. The molecule has 0 saturated heterocycles. The summed E-state index contributed by atoms with van der Waals surface area (Å²) in [5.41, 5.74) is 1.26. The highest BCUT2D eigenvalue weighted by Crippen LogP contribution is 2.20. The largest absolute Gasteiger partial charge is 0.359 e. The third-order valence-electron chi connectivity index (χ3n) is 2.52. The van der Waals surface area contributed by atoms with Crippen molar-refractivity contribution in [3.05, 3.63) is 48.0 Å². The molecule has 3 nitrogen and oxygen atoms in total. The fourth-order valence-electron chi connectivity index (χ4n) is 1.57. The van der Waals surface area contributed by atoms with Crippen LogP contribution in [0.5, 0.6) is 0 Å². The Kier molecular flexibility index (Phi) is 4.00. The van der Waals surface area contributed by atoms with E-state index in [9.17, 15) is 9.59 Å². The molecular formula is C13H15NO2. The van der Waals surface area contributed by atoms with Gasteiger partial charge >= 0.3 is 0 Å². The van der Waals surface area contributed by atoms with Gasteiger partial charge in [0.2, 0.25) is 5.91 Å². The molecule has 0 aliphatic rings. The molecule has 1 amide bonds. The van der Waals surface area contributed by atoms with Gasteiger partial charge in [0.05, 0.1) is 5.92 Å². The zero-order valence-corrected chi connectivity index (χ0v) is 9.49. The maximum atomic E-state index is 11.6. The summed E-state index contributed by atoms with van der Waals surface area (Å²) in [6.45, 7) is 5.22. The van der Waals surface area contributed by atoms with Crippen molar-refractivity contribution in [1.82, 2.24) is 5.32 Å². The zero-order chi connectivity index (χ0) is 12.1. The Bertz CT molecular complexity index is 424. The van der Waals surface area contributed by atoms with E-state index in [4.69, 9.17) is 0 Å². The van der Waals surface area contributed by atoms with Gasteiger partial charge in [-0.15, -0.1) is 0 Å². The van der Waals surface area contributed by atoms with Crippen molar-refractivity contribution in [3.63, 3.8) is 0 Å². The average Bonchev–Trinajstić information content (AvgIpc) is 2.35. The van der Waals surface area contributed by atoms with Gasteiger partial charge in [-0.1, -0.05) is 30.8 Å². The first kappa shape index (κ1) is 12.2. The van der Waals surface area contributed by atoms with Crippen LogP contribution < -0.4 is 5.32 Å². The van der Waals surface area contributed by atoms with Crippen LogP contribution in [0.2, 0.25) is 0 Å². The highest BCUT2D eigenvalue weighted by atomic mass is 16.1. The van der Waals surface area contributed by atoms with E-state index in [2.05, 4.69) is 11.9 Å². The third-order valence-corrected chi connectivity index (χ3v) is 2.52. The summed E-state index contributed by atoms with van der Waals surface area (Å²) in [6, 6.07) is 7.08. The van der Waals surface area contributed by atoms with Crippen molar-refractivity contribution in [3.8, 4) is 0 Å². The molecule has 1 aromatic carbocycles. The van der Waals surface area contributed by atoms with Gasteiger partial charge in [-0.3, -0.25) is 9.59 Å². The Balaban J connectivity index is 3.17. The van der Waals surface area contributed by atoms with Crippen LogP contribution in [0.15, 0.2) is 36.9 Å². The highest BCUT2D eigenvalue weighted by Gasteiger charge is 2.18. The van der Waals surface area contributed by atoms with E-state index >= 15 is 0 Å². The van der Waals surface area contributed by atoms with Crippen molar-refractivity contribution in [2.75, 3.05) is 7.05 Å². The van der Waals surface area contributed by atoms with E-state index in [1.807, 2.05) is 6.07 Å². The molecule has 3 heteroatoms. The van der Waals surface area contributed by atoms with E-state index in [1.165, 1.54) is 6.08 Å². The van der Waals surface area contributed by atoms with Gasteiger partial charge in [0, 0.05) is 12.6 Å². The number of hydrogen-bond donors (Lipinski definition) is 1. The second kappa shape index (κ2) is 5.26. The normalized spacial score (nSPS) is 11.6.